The number of hydrogen-bond acceptors (Lipinski definition) is 2. The van der Waals surface area contributed by atoms with Crippen molar-refractivity contribution in [3.63, 3.8) is 0 Å². The van der Waals surface area contributed by atoms with Crippen LogP contribution in [-0.2, 0) is 9.53 Å². The molecule has 76 valence electrons. The molecule has 0 amide bonds. The van der Waals surface area contributed by atoms with Gasteiger partial charge in [0.1, 0.15) is 5.78 Å². The third kappa shape index (κ3) is 3.90. The largest absolute Gasteiger partial charge is 0.381 e. The van der Waals surface area contributed by atoms with E-state index in [0.29, 0.717) is 12.4 Å². The molecule has 0 bridgehead atoms. The molecule has 0 radical (unpaired) electrons. The number of ketones is 1. The number of ether oxygens (including phenoxy) is 1. The van der Waals surface area contributed by atoms with Crippen LogP contribution in [0.1, 0.15) is 45.4 Å². The first-order chi connectivity index (χ1) is 6.34. The van der Waals surface area contributed by atoms with E-state index >= 15 is 0 Å². The van der Waals surface area contributed by atoms with Gasteiger partial charge in [0.15, 0.2) is 0 Å². The summed E-state index contributed by atoms with van der Waals surface area (Å²) in [4.78, 5) is 11.5. The van der Waals surface area contributed by atoms with Crippen LogP contribution in [0, 0.1) is 5.92 Å². The molecule has 1 fully saturated rings. The molecule has 13 heavy (non-hydrogen) atoms. The second-order valence-electron chi connectivity index (χ2n) is 3.84. The van der Waals surface area contributed by atoms with Gasteiger partial charge >= 0.3 is 0 Å². The van der Waals surface area contributed by atoms with Gasteiger partial charge in [-0.05, 0) is 12.8 Å². The molecule has 1 unspecified atom stereocenters. The van der Waals surface area contributed by atoms with E-state index < -0.39 is 0 Å². The molecule has 0 aromatic carbocycles. The van der Waals surface area contributed by atoms with E-state index in [-0.39, 0.29) is 5.92 Å². The molecule has 1 aliphatic heterocycles. The van der Waals surface area contributed by atoms with Crippen LogP contribution in [0.3, 0.4) is 0 Å². The van der Waals surface area contributed by atoms with E-state index in [4.69, 9.17) is 4.74 Å². The molecule has 0 saturated carbocycles. The average Bonchev–Trinajstić information content (AvgIpc) is 2.65. The fourth-order valence-corrected chi connectivity index (χ4v) is 1.72. The Morgan fingerprint density at radius 1 is 1.38 bits per heavy atom. The van der Waals surface area contributed by atoms with Gasteiger partial charge < -0.3 is 4.74 Å². The zero-order valence-corrected chi connectivity index (χ0v) is 8.55. The molecule has 1 rings (SSSR count). The molecule has 1 aliphatic rings. The minimum Gasteiger partial charge on any atom is -0.381 e. The Morgan fingerprint density at radius 3 is 2.85 bits per heavy atom. The quantitative estimate of drug-likeness (QED) is 0.593. The summed E-state index contributed by atoms with van der Waals surface area (Å²) in [6.07, 6.45) is 6.49. The number of rotatable bonds is 6. The summed E-state index contributed by atoms with van der Waals surface area (Å²) in [6, 6.07) is 0. The summed E-state index contributed by atoms with van der Waals surface area (Å²) < 4.78 is 5.18. The van der Waals surface area contributed by atoms with E-state index in [1.807, 2.05) is 0 Å². The summed E-state index contributed by atoms with van der Waals surface area (Å²) >= 11 is 0. The van der Waals surface area contributed by atoms with Crippen LogP contribution in [0.5, 0.6) is 0 Å². The van der Waals surface area contributed by atoms with E-state index in [0.717, 1.165) is 25.9 Å². The first kappa shape index (κ1) is 10.7. The molecule has 2 heteroatoms. The first-order valence-corrected chi connectivity index (χ1v) is 5.45. The summed E-state index contributed by atoms with van der Waals surface area (Å²) in [5.41, 5.74) is 0. The van der Waals surface area contributed by atoms with Crippen molar-refractivity contribution in [3.05, 3.63) is 0 Å². The Balaban J connectivity index is 2.03. The number of carbonyl (C=O) groups excluding carboxylic acids is 1. The maximum atomic E-state index is 11.5. The lowest BCUT2D eigenvalue weighted by molar-refractivity contribution is -0.122. The lowest BCUT2D eigenvalue weighted by Crippen LogP contribution is -2.13. The monoisotopic (exact) mass is 184 g/mol. The van der Waals surface area contributed by atoms with Gasteiger partial charge in [-0.2, -0.15) is 0 Å². The summed E-state index contributed by atoms with van der Waals surface area (Å²) in [5, 5.41) is 0. The highest BCUT2D eigenvalue weighted by molar-refractivity contribution is 5.81. The molecule has 1 saturated heterocycles. The minimum atomic E-state index is 0.224. The van der Waals surface area contributed by atoms with Crippen molar-refractivity contribution in [1.29, 1.82) is 0 Å². The predicted octanol–water partition coefficient (Wildman–Crippen LogP) is 2.56. The zero-order chi connectivity index (χ0) is 9.52. The van der Waals surface area contributed by atoms with Crippen LogP contribution in [0.2, 0.25) is 0 Å². The minimum absolute atomic E-state index is 0.224. The van der Waals surface area contributed by atoms with Gasteiger partial charge in [-0.25, -0.2) is 0 Å². The number of hydrogen-bond donors (Lipinski definition) is 0. The van der Waals surface area contributed by atoms with Crippen LogP contribution >= 0.6 is 0 Å². The molecular weight excluding hydrogens is 164 g/mol. The van der Waals surface area contributed by atoms with Crippen LogP contribution in [-0.4, -0.2) is 19.0 Å². The summed E-state index contributed by atoms with van der Waals surface area (Å²) in [7, 11) is 0. The topological polar surface area (TPSA) is 26.3 Å². The highest BCUT2D eigenvalue weighted by Crippen LogP contribution is 2.16. The maximum Gasteiger partial charge on any atom is 0.138 e. The standard InChI is InChI=1S/C11H20O2/c1-2-3-4-5-6-11(12)10-7-8-13-9-10/h10H,2-9H2,1H3. The highest BCUT2D eigenvalue weighted by Gasteiger charge is 2.22. The molecule has 0 spiro atoms. The van der Waals surface area contributed by atoms with Gasteiger partial charge in [-0.15, -0.1) is 0 Å². The van der Waals surface area contributed by atoms with Gasteiger partial charge in [0.05, 0.1) is 6.61 Å². The Bertz CT molecular complexity index is 148. The number of unbranched alkanes of at least 4 members (excludes halogenated alkanes) is 3. The van der Waals surface area contributed by atoms with E-state index in [9.17, 15) is 4.79 Å². The molecule has 1 atom stereocenters. The molecule has 2 nitrogen and oxygen atoms in total. The van der Waals surface area contributed by atoms with Crippen LogP contribution in [0.4, 0.5) is 0 Å². The fourth-order valence-electron chi connectivity index (χ4n) is 1.72. The normalized spacial score (nSPS) is 22.1. The lowest BCUT2D eigenvalue weighted by Gasteiger charge is -2.05. The average molecular weight is 184 g/mol. The maximum absolute atomic E-state index is 11.5. The van der Waals surface area contributed by atoms with Crippen molar-refractivity contribution in [1.82, 2.24) is 0 Å². The summed E-state index contributed by atoms with van der Waals surface area (Å²) in [5.74, 6) is 0.648. The van der Waals surface area contributed by atoms with Gasteiger partial charge in [0, 0.05) is 18.9 Å². The smallest absolute Gasteiger partial charge is 0.138 e. The predicted molar refractivity (Wildman–Crippen MR) is 52.7 cm³/mol. The van der Waals surface area contributed by atoms with Crippen molar-refractivity contribution in [2.24, 2.45) is 5.92 Å². The number of Topliss-reactive ketones (excluding diaryl/α,β-unsaturated/α-hetero) is 1. The summed E-state index contributed by atoms with van der Waals surface area (Å²) in [6.45, 7) is 3.64. The number of carbonyl (C=O) groups is 1. The molecule has 0 aliphatic carbocycles. The van der Waals surface area contributed by atoms with Crippen LogP contribution in [0.15, 0.2) is 0 Å². The van der Waals surface area contributed by atoms with Gasteiger partial charge in [0.25, 0.3) is 0 Å². The van der Waals surface area contributed by atoms with Crippen molar-refractivity contribution in [2.45, 2.75) is 45.4 Å². The van der Waals surface area contributed by atoms with Crippen molar-refractivity contribution in [3.8, 4) is 0 Å². The van der Waals surface area contributed by atoms with Gasteiger partial charge in [-0.1, -0.05) is 26.2 Å². The molecule has 0 aromatic heterocycles. The Kier molecular flexibility index (Phi) is 5.06. The molecule has 1 heterocycles. The fraction of sp³-hybridized carbons (Fsp3) is 0.909. The van der Waals surface area contributed by atoms with E-state index in [2.05, 4.69) is 6.92 Å². The third-order valence-electron chi connectivity index (χ3n) is 2.66. The second kappa shape index (κ2) is 6.14. The van der Waals surface area contributed by atoms with Crippen LogP contribution < -0.4 is 0 Å². The Hall–Kier alpha value is -0.370. The van der Waals surface area contributed by atoms with Crippen molar-refractivity contribution >= 4 is 5.78 Å². The van der Waals surface area contributed by atoms with Gasteiger partial charge in [0.2, 0.25) is 0 Å². The van der Waals surface area contributed by atoms with Crippen molar-refractivity contribution in [2.75, 3.05) is 13.2 Å². The lowest BCUT2D eigenvalue weighted by atomic mass is 9.98. The molecule has 0 aromatic rings. The highest BCUT2D eigenvalue weighted by atomic mass is 16.5. The second-order valence-corrected chi connectivity index (χ2v) is 3.84. The van der Waals surface area contributed by atoms with Crippen LogP contribution in [0.25, 0.3) is 0 Å². The molecule has 0 N–H and O–H groups in total. The van der Waals surface area contributed by atoms with Gasteiger partial charge in [-0.3, -0.25) is 4.79 Å². The SMILES string of the molecule is CCCCCCC(=O)C1CCOC1. The van der Waals surface area contributed by atoms with E-state index in [1.165, 1.54) is 19.3 Å². The Morgan fingerprint density at radius 2 is 2.23 bits per heavy atom. The molecular formula is C11H20O2. The first-order valence-electron chi connectivity index (χ1n) is 5.45. The Labute approximate surface area is 80.7 Å². The third-order valence-corrected chi connectivity index (χ3v) is 2.66. The van der Waals surface area contributed by atoms with E-state index in [1.54, 1.807) is 0 Å². The zero-order valence-electron chi connectivity index (χ0n) is 8.55. The van der Waals surface area contributed by atoms with Crippen molar-refractivity contribution < 1.29 is 9.53 Å².